The van der Waals surface area contributed by atoms with E-state index in [1.807, 2.05) is 0 Å². The highest BCUT2D eigenvalue weighted by Crippen LogP contribution is 2.19. The number of nitriles is 1. The van der Waals surface area contributed by atoms with Crippen molar-refractivity contribution in [2.45, 2.75) is 18.2 Å². The summed E-state index contributed by atoms with van der Waals surface area (Å²) >= 11 is 0. The summed E-state index contributed by atoms with van der Waals surface area (Å²) in [7, 11) is -3.77. The highest BCUT2D eigenvalue weighted by molar-refractivity contribution is 7.89. The summed E-state index contributed by atoms with van der Waals surface area (Å²) in [6.07, 6.45) is 0.319. The largest absolute Gasteiger partial charge is 0.396 e. The van der Waals surface area contributed by atoms with E-state index >= 15 is 0 Å². The van der Waals surface area contributed by atoms with Crippen LogP contribution in [0.5, 0.6) is 0 Å². The number of benzene rings is 1. The Morgan fingerprint density at radius 2 is 2.16 bits per heavy atom. The predicted molar refractivity (Wildman–Crippen MR) is 67.3 cm³/mol. The van der Waals surface area contributed by atoms with Crippen LogP contribution in [0.25, 0.3) is 0 Å². The maximum atomic E-state index is 13.2. The van der Waals surface area contributed by atoms with Crippen molar-refractivity contribution in [2.24, 2.45) is 0 Å². The van der Waals surface area contributed by atoms with Crippen LogP contribution in [0, 0.1) is 17.1 Å². The molecule has 0 radical (unpaired) electrons. The number of rotatable bonds is 6. The van der Waals surface area contributed by atoms with Crippen molar-refractivity contribution < 1.29 is 17.9 Å². The fourth-order valence-electron chi connectivity index (χ4n) is 1.59. The summed E-state index contributed by atoms with van der Waals surface area (Å²) in [5.41, 5.74) is -0.306. The minimum absolute atomic E-state index is 0.112. The number of aliphatic hydroxyl groups is 1. The van der Waals surface area contributed by atoms with E-state index < -0.39 is 15.8 Å². The molecule has 0 saturated heterocycles. The Kier molecular flexibility index (Phi) is 5.42. The van der Waals surface area contributed by atoms with Gasteiger partial charge in [0.15, 0.2) is 0 Å². The Bertz CT molecular complexity index is 581. The van der Waals surface area contributed by atoms with Crippen molar-refractivity contribution in [3.63, 3.8) is 0 Å². The second kappa shape index (κ2) is 6.61. The molecule has 0 aliphatic heterocycles. The molecule has 1 aromatic carbocycles. The van der Waals surface area contributed by atoms with Crippen molar-refractivity contribution in [3.05, 3.63) is 29.6 Å². The summed E-state index contributed by atoms with van der Waals surface area (Å²) in [4.78, 5) is -0.120. The van der Waals surface area contributed by atoms with Gasteiger partial charge in [0.2, 0.25) is 10.0 Å². The molecule has 0 unspecified atom stereocenters. The highest BCUT2D eigenvalue weighted by atomic mass is 32.2. The summed E-state index contributed by atoms with van der Waals surface area (Å²) in [5.74, 6) is -0.750. The standard InChI is InChI=1S/C12H15FN2O3S/c1-2-15(6-3-7-16)19(17,18)11-4-5-12(13)10(8-11)9-14/h4-5,8,16H,2-3,6-7H2,1H3. The van der Waals surface area contributed by atoms with Crippen molar-refractivity contribution in [1.82, 2.24) is 4.31 Å². The third-order valence-electron chi connectivity index (χ3n) is 2.61. The second-order valence-electron chi connectivity index (χ2n) is 3.83. The number of hydrogen-bond acceptors (Lipinski definition) is 4. The van der Waals surface area contributed by atoms with E-state index in [1.165, 1.54) is 4.31 Å². The van der Waals surface area contributed by atoms with Crippen molar-refractivity contribution >= 4 is 10.0 Å². The zero-order valence-corrected chi connectivity index (χ0v) is 11.3. The van der Waals surface area contributed by atoms with Gasteiger partial charge < -0.3 is 5.11 Å². The molecule has 0 bridgehead atoms. The maximum absolute atomic E-state index is 13.2. The second-order valence-corrected chi connectivity index (χ2v) is 5.77. The molecule has 0 spiro atoms. The summed E-state index contributed by atoms with van der Waals surface area (Å²) < 4.78 is 38.9. The van der Waals surface area contributed by atoms with Gasteiger partial charge in [-0.25, -0.2) is 12.8 Å². The van der Waals surface area contributed by atoms with Crippen LogP contribution in [0.4, 0.5) is 4.39 Å². The van der Waals surface area contributed by atoms with Gasteiger partial charge >= 0.3 is 0 Å². The van der Waals surface area contributed by atoms with E-state index in [-0.39, 0.29) is 30.2 Å². The number of hydrogen-bond donors (Lipinski definition) is 1. The van der Waals surface area contributed by atoms with E-state index in [9.17, 15) is 12.8 Å². The molecule has 0 amide bonds. The maximum Gasteiger partial charge on any atom is 0.243 e. The molecule has 0 heterocycles. The van der Waals surface area contributed by atoms with Crippen LogP contribution in [-0.2, 0) is 10.0 Å². The fourth-order valence-corrected chi connectivity index (χ4v) is 3.11. The lowest BCUT2D eigenvalue weighted by atomic mass is 10.2. The number of nitrogens with zero attached hydrogens (tertiary/aromatic N) is 2. The molecule has 0 saturated carbocycles. The van der Waals surface area contributed by atoms with Crippen molar-refractivity contribution in [1.29, 1.82) is 5.26 Å². The minimum Gasteiger partial charge on any atom is -0.396 e. The summed E-state index contributed by atoms with van der Waals surface area (Å²) in [6.45, 7) is 1.97. The van der Waals surface area contributed by atoms with Gasteiger partial charge in [-0.1, -0.05) is 6.92 Å². The lowest BCUT2D eigenvalue weighted by Gasteiger charge is -2.20. The van der Waals surface area contributed by atoms with Crippen LogP contribution in [-0.4, -0.2) is 37.5 Å². The first-order chi connectivity index (χ1) is 8.97. The summed E-state index contributed by atoms with van der Waals surface area (Å²) in [5, 5.41) is 17.5. The number of aliphatic hydroxyl groups excluding tert-OH is 1. The third-order valence-corrected chi connectivity index (χ3v) is 4.58. The Labute approximate surface area is 111 Å². The van der Waals surface area contributed by atoms with Crippen molar-refractivity contribution in [2.75, 3.05) is 19.7 Å². The Balaban J connectivity index is 3.15. The zero-order valence-electron chi connectivity index (χ0n) is 10.5. The van der Waals surface area contributed by atoms with Gasteiger partial charge in [0.05, 0.1) is 10.5 Å². The van der Waals surface area contributed by atoms with E-state index in [0.29, 0.717) is 6.42 Å². The van der Waals surface area contributed by atoms with Gasteiger partial charge in [-0.3, -0.25) is 0 Å². The molecule has 0 aliphatic carbocycles. The van der Waals surface area contributed by atoms with Crippen LogP contribution >= 0.6 is 0 Å². The molecule has 19 heavy (non-hydrogen) atoms. The minimum atomic E-state index is -3.77. The van der Waals surface area contributed by atoms with E-state index in [1.54, 1.807) is 13.0 Å². The number of sulfonamides is 1. The SMILES string of the molecule is CCN(CCCO)S(=O)(=O)c1ccc(F)c(C#N)c1. The van der Waals surface area contributed by atoms with Gasteiger partial charge in [-0.15, -0.1) is 0 Å². The van der Waals surface area contributed by atoms with E-state index in [0.717, 1.165) is 18.2 Å². The van der Waals surface area contributed by atoms with Crippen LogP contribution in [0.3, 0.4) is 0 Å². The molecule has 0 atom stereocenters. The summed E-state index contributed by atoms with van der Waals surface area (Å²) in [6, 6.07) is 4.73. The van der Waals surface area contributed by atoms with Crippen LogP contribution < -0.4 is 0 Å². The topological polar surface area (TPSA) is 81.4 Å². The number of halogens is 1. The van der Waals surface area contributed by atoms with E-state index in [4.69, 9.17) is 10.4 Å². The molecule has 0 fully saturated rings. The Morgan fingerprint density at radius 3 is 2.68 bits per heavy atom. The van der Waals surface area contributed by atoms with Gasteiger partial charge in [0, 0.05) is 19.7 Å². The molecule has 0 aromatic heterocycles. The monoisotopic (exact) mass is 286 g/mol. The Hall–Kier alpha value is -1.49. The third kappa shape index (κ3) is 3.50. The lowest BCUT2D eigenvalue weighted by Crippen LogP contribution is -2.32. The van der Waals surface area contributed by atoms with Crippen LogP contribution in [0.1, 0.15) is 18.9 Å². The molecular formula is C12H15FN2O3S. The smallest absolute Gasteiger partial charge is 0.243 e. The lowest BCUT2D eigenvalue weighted by molar-refractivity contribution is 0.271. The predicted octanol–water partition coefficient (Wildman–Crippen LogP) is 1.09. The molecule has 7 heteroatoms. The van der Waals surface area contributed by atoms with E-state index in [2.05, 4.69) is 0 Å². The first kappa shape index (κ1) is 15.6. The van der Waals surface area contributed by atoms with Crippen LogP contribution in [0.2, 0.25) is 0 Å². The average Bonchev–Trinajstić information content (AvgIpc) is 2.39. The normalized spacial score (nSPS) is 11.5. The van der Waals surface area contributed by atoms with Gasteiger partial charge in [0.25, 0.3) is 0 Å². The van der Waals surface area contributed by atoms with Gasteiger partial charge in [-0.05, 0) is 24.6 Å². The highest BCUT2D eigenvalue weighted by Gasteiger charge is 2.23. The molecule has 0 aliphatic rings. The first-order valence-corrected chi connectivity index (χ1v) is 7.22. The molecule has 104 valence electrons. The average molecular weight is 286 g/mol. The van der Waals surface area contributed by atoms with Crippen molar-refractivity contribution in [3.8, 4) is 6.07 Å². The molecule has 1 N–H and O–H groups in total. The molecule has 1 rings (SSSR count). The first-order valence-electron chi connectivity index (χ1n) is 5.78. The Morgan fingerprint density at radius 1 is 1.47 bits per heavy atom. The van der Waals surface area contributed by atoms with Gasteiger partial charge in [-0.2, -0.15) is 9.57 Å². The molecule has 5 nitrogen and oxygen atoms in total. The zero-order chi connectivity index (χ0) is 14.5. The van der Waals surface area contributed by atoms with Gasteiger partial charge in [0.1, 0.15) is 11.9 Å². The quantitative estimate of drug-likeness (QED) is 0.848. The molecular weight excluding hydrogens is 271 g/mol. The molecule has 1 aromatic rings. The van der Waals surface area contributed by atoms with Crippen LogP contribution in [0.15, 0.2) is 23.1 Å². The fraction of sp³-hybridized carbons (Fsp3) is 0.417.